The molecule has 0 aliphatic carbocycles. The van der Waals surface area contributed by atoms with Crippen LogP contribution in [0.2, 0.25) is 0 Å². The average molecular weight is 318 g/mol. The van der Waals surface area contributed by atoms with Gasteiger partial charge in [-0.1, -0.05) is 0 Å². The second-order valence-electron chi connectivity index (χ2n) is 4.66. The molecule has 0 bridgehead atoms. The molecule has 2 heterocycles. The van der Waals surface area contributed by atoms with Gasteiger partial charge >= 0.3 is 11.7 Å². The number of carbonyl (C=O) groups is 1. The maximum absolute atomic E-state index is 11.4. The molecular weight excluding hydrogens is 308 g/mol. The summed E-state index contributed by atoms with van der Waals surface area (Å²) in [5.74, 6) is -1.09. The van der Waals surface area contributed by atoms with Crippen molar-refractivity contribution in [2.75, 3.05) is 5.32 Å². The predicted molar refractivity (Wildman–Crippen MR) is 75.8 cm³/mol. The van der Waals surface area contributed by atoms with Crippen molar-refractivity contribution in [3.05, 3.63) is 40.5 Å². The number of carboxylic acid groups (broad SMARTS) is 1. The van der Waals surface area contributed by atoms with Gasteiger partial charge in [-0.15, -0.1) is 5.10 Å². The smallest absolute Gasteiger partial charge is 0.326 e. The third kappa shape index (κ3) is 2.79. The molecule has 0 saturated carbocycles. The van der Waals surface area contributed by atoms with Crippen molar-refractivity contribution < 1.29 is 19.3 Å². The zero-order chi connectivity index (χ0) is 16.4. The number of carboxylic acids is 1. The number of H-pyrrole nitrogens is 1. The van der Waals surface area contributed by atoms with E-state index in [4.69, 9.17) is 4.52 Å². The monoisotopic (exact) mass is 318 g/mol. The first-order chi connectivity index (χ1) is 11.1. The molecule has 0 spiro atoms. The third-order valence-electron chi connectivity index (χ3n) is 3.19. The van der Waals surface area contributed by atoms with E-state index in [1.165, 1.54) is 24.7 Å². The number of benzene rings is 1. The number of hydrogen-bond donors (Lipinski definition) is 3. The van der Waals surface area contributed by atoms with Gasteiger partial charge in [-0.2, -0.15) is 0 Å². The van der Waals surface area contributed by atoms with Crippen molar-refractivity contribution in [1.82, 2.24) is 20.3 Å². The van der Waals surface area contributed by atoms with Crippen molar-refractivity contribution in [1.29, 1.82) is 0 Å². The van der Waals surface area contributed by atoms with Crippen LogP contribution in [0, 0.1) is 10.1 Å². The number of rotatable bonds is 6. The van der Waals surface area contributed by atoms with Crippen molar-refractivity contribution >= 4 is 28.4 Å². The summed E-state index contributed by atoms with van der Waals surface area (Å²) >= 11 is 0. The lowest BCUT2D eigenvalue weighted by Crippen LogP contribution is -2.31. The van der Waals surface area contributed by atoms with Gasteiger partial charge in [-0.25, -0.2) is 9.78 Å². The molecule has 0 radical (unpaired) electrons. The largest absolute Gasteiger partial charge is 0.480 e. The molecule has 3 rings (SSSR count). The number of anilines is 1. The lowest BCUT2D eigenvalue weighted by Gasteiger charge is -2.14. The number of nitrogens with zero attached hydrogens (tertiary/aromatic N) is 4. The molecular formula is C12H10N6O5. The van der Waals surface area contributed by atoms with Crippen LogP contribution < -0.4 is 5.32 Å². The number of nitro benzene ring substituents is 1. The first-order valence-electron chi connectivity index (χ1n) is 6.42. The number of nitro groups is 1. The molecule has 0 amide bonds. The van der Waals surface area contributed by atoms with E-state index in [0.29, 0.717) is 5.69 Å². The number of hydrogen-bond acceptors (Lipinski definition) is 8. The SMILES string of the molecule is O=C(O)[C@H](Cc1cnc[nH]1)Nc1ccc([N+](=O)[O-])c2onnc12. The quantitative estimate of drug-likeness (QED) is 0.444. The van der Waals surface area contributed by atoms with Crippen molar-refractivity contribution in [3.8, 4) is 0 Å². The van der Waals surface area contributed by atoms with E-state index in [0.717, 1.165) is 0 Å². The highest BCUT2D eigenvalue weighted by molar-refractivity contribution is 5.93. The fourth-order valence-electron chi connectivity index (χ4n) is 2.12. The zero-order valence-electron chi connectivity index (χ0n) is 11.5. The molecule has 0 aliphatic rings. The first-order valence-corrected chi connectivity index (χ1v) is 6.42. The van der Waals surface area contributed by atoms with Gasteiger partial charge in [0, 0.05) is 29.6 Å². The number of aliphatic carboxylic acids is 1. The van der Waals surface area contributed by atoms with Crippen LogP contribution in [0.15, 0.2) is 29.2 Å². The maximum atomic E-state index is 11.4. The van der Waals surface area contributed by atoms with Crippen LogP contribution in [0.1, 0.15) is 5.69 Å². The molecule has 3 aromatic rings. The van der Waals surface area contributed by atoms with E-state index in [2.05, 4.69) is 25.7 Å². The summed E-state index contributed by atoms with van der Waals surface area (Å²) in [4.78, 5) is 28.4. The van der Waals surface area contributed by atoms with Gasteiger partial charge in [-0.3, -0.25) is 10.1 Å². The van der Waals surface area contributed by atoms with Crippen LogP contribution in [-0.2, 0) is 11.2 Å². The highest BCUT2D eigenvalue weighted by Crippen LogP contribution is 2.30. The summed E-state index contributed by atoms with van der Waals surface area (Å²) in [6, 6.07) is 1.58. The molecule has 0 aliphatic heterocycles. The van der Waals surface area contributed by atoms with Gasteiger partial charge in [-0.05, 0) is 6.07 Å². The lowest BCUT2D eigenvalue weighted by molar-refractivity contribution is -0.383. The van der Waals surface area contributed by atoms with E-state index >= 15 is 0 Å². The van der Waals surface area contributed by atoms with Gasteiger partial charge in [0.1, 0.15) is 6.04 Å². The Morgan fingerprint density at radius 1 is 1.52 bits per heavy atom. The Morgan fingerprint density at radius 2 is 2.35 bits per heavy atom. The topological polar surface area (TPSA) is 160 Å². The van der Waals surface area contributed by atoms with Crippen LogP contribution in [0.4, 0.5) is 11.4 Å². The van der Waals surface area contributed by atoms with Crippen LogP contribution >= 0.6 is 0 Å². The van der Waals surface area contributed by atoms with Crippen molar-refractivity contribution in [2.45, 2.75) is 12.5 Å². The molecule has 2 aromatic heterocycles. The second kappa shape index (κ2) is 5.71. The molecule has 3 N–H and O–H groups in total. The number of imidazole rings is 1. The van der Waals surface area contributed by atoms with Crippen LogP contribution in [-0.4, -0.2) is 42.4 Å². The first kappa shape index (κ1) is 14.4. The fraction of sp³-hybridized carbons (Fsp3) is 0.167. The maximum Gasteiger partial charge on any atom is 0.326 e. The van der Waals surface area contributed by atoms with E-state index < -0.39 is 16.9 Å². The van der Waals surface area contributed by atoms with Crippen molar-refractivity contribution in [2.24, 2.45) is 0 Å². The normalized spacial score (nSPS) is 12.2. The molecule has 118 valence electrons. The van der Waals surface area contributed by atoms with Gasteiger partial charge in [0.15, 0.2) is 5.52 Å². The van der Waals surface area contributed by atoms with Gasteiger partial charge in [0.2, 0.25) is 0 Å². The molecule has 0 saturated heterocycles. The number of non-ortho nitro benzene ring substituents is 1. The van der Waals surface area contributed by atoms with Gasteiger partial charge in [0.05, 0.1) is 16.9 Å². The zero-order valence-corrected chi connectivity index (χ0v) is 11.5. The molecule has 0 unspecified atom stereocenters. The fourth-order valence-corrected chi connectivity index (χ4v) is 2.12. The Balaban J connectivity index is 1.93. The minimum Gasteiger partial charge on any atom is -0.480 e. The average Bonchev–Trinajstić information content (AvgIpc) is 3.17. The Kier molecular flexibility index (Phi) is 3.58. The summed E-state index contributed by atoms with van der Waals surface area (Å²) in [5.41, 5.74) is 0.580. The van der Waals surface area contributed by atoms with E-state index in [9.17, 15) is 20.0 Å². The van der Waals surface area contributed by atoms with Crippen LogP contribution in [0.25, 0.3) is 11.1 Å². The lowest BCUT2D eigenvalue weighted by atomic mass is 10.1. The number of fused-ring (bicyclic) bond motifs is 1. The standard InChI is InChI=1S/C12H10N6O5/c19-12(20)8(3-6-4-13-5-14-6)15-7-1-2-9(18(21)22)11-10(7)16-17-23-11/h1-2,4-5,8,15H,3H2,(H,13,14)(H,19,20)/t8-/m0/s1. The summed E-state index contributed by atoms with van der Waals surface area (Å²) in [7, 11) is 0. The molecule has 11 heteroatoms. The Hall–Kier alpha value is -3.50. The Labute approximate surface area is 127 Å². The second-order valence-corrected chi connectivity index (χ2v) is 4.66. The van der Waals surface area contributed by atoms with Gasteiger partial charge in [0.25, 0.3) is 5.58 Å². The number of aromatic nitrogens is 4. The summed E-state index contributed by atoms with van der Waals surface area (Å²) in [6.45, 7) is 0. The van der Waals surface area contributed by atoms with E-state index in [1.807, 2.05) is 0 Å². The molecule has 0 fully saturated rings. The highest BCUT2D eigenvalue weighted by Gasteiger charge is 2.24. The van der Waals surface area contributed by atoms with Crippen molar-refractivity contribution in [3.63, 3.8) is 0 Å². The Bertz CT molecular complexity index is 858. The number of nitrogens with one attached hydrogen (secondary N) is 2. The summed E-state index contributed by atoms with van der Waals surface area (Å²) < 4.78 is 4.79. The number of aromatic amines is 1. The van der Waals surface area contributed by atoms with Crippen LogP contribution in [0.3, 0.4) is 0 Å². The van der Waals surface area contributed by atoms with Crippen LogP contribution in [0.5, 0.6) is 0 Å². The molecule has 1 atom stereocenters. The molecule has 11 nitrogen and oxygen atoms in total. The summed E-state index contributed by atoms with van der Waals surface area (Å²) in [5, 5.41) is 30.0. The molecule has 1 aromatic carbocycles. The Morgan fingerprint density at radius 3 is 3.00 bits per heavy atom. The van der Waals surface area contributed by atoms with E-state index in [-0.39, 0.29) is 28.9 Å². The third-order valence-corrected chi connectivity index (χ3v) is 3.19. The summed E-state index contributed by atoms with van der Waals surface area (Å²) in [6.07, 6.45) is 3.10. The minimum atomic E-state index is -1.09. The van der Waals surface area contributed by atoms with Gasteiger partial charge < -0.3 is 19.9 Å². The van der Waals surface area contributed by atoms with E-state index in [1.54, 1.807) is 0 Å². The predicted octanol–water partition coefficient (Wildman–Crippen LogP) is 0.962. The molecule has 23 heavy (non-hydrogen) atoms. The highest BCUT2D eigenvalue weighted by atomic mass is 16.6. The minimum absolute atomic E-state index is 0.0926.